The van der Waals surface area contributed by atoms with Gasteiger partial charge in [0, 0.05) is 10.9 Å². The number of ether oxygens (including phenoxy) is 1. The van der Waals surface area contributed by atoms with E-state index in [1.165, 1.54) is 11.3 Å². The summed E-state index contributed by atoms with van der Waals surface area (Å²) in [6.45, 7) is 7.51. The maximum Gasteiger partial charge on any atom is 0.342 e. The summed E-state index contributed by atoms with van der Waals surface area (Å²) in [7, 11) is 0. The summed E-state index contributed by atoms with van der Waals surface area (Å²) >= 11 is 1.26. The SMILES string of the molecule is Cc1ccc(C)c(-c2csc(NC(=O)[C@H]3CCCC[C@H]3C(=O)O)c2C(=O)OC(C)C)c1. The van der Waals surface area contributed by atoms with Crippen LogP contribution in [0.4, 0.5) is 5.00 Å². The second-order valence-electron chi connectivity index (χ2n) is 8.45. The third-order valence-electron chi connectivity index (χ3n) is 5.68. The number of hydrogen-bond donors (Lipinski definition) is 2. The van der Waals surface area contributed by atoms with Crippen LogP contribution in [0.25, 0.3) is 11.1 Å². The quantitative estimate of drug-likeness (QED) is 0.581. The molecule has 1 aliphatic rings. The fourth-order valence-electron chi connectivity index (χ4n) is 4.09. The van der Waals surface area contributed by atoms with Gasteiger partial charge in [0.05, 0.1) is 17.9 Å². The van der Waals surface area contributed by atoms with Gasteiger partial charge < -0.3 is 15.2 Å². The van der Waals surface area contributed by atoms with Crippen molar-refractivity contribution in [3.63, 3.8) is 0 Å². The van der Waals surface area contributed by atoms with Gasteiger partial charge in [-0.1, -0.05) is 36.6 Å². The predicted molar refractivity (Wildman–Crippen MR) is 121 cm³/mol. The van der Waals surface area contributed by atoms with E-state index in [9.17, 15) is 19.5 Å². The van der Waals surface area contributed by atoms with Crippen molar-refractivity contribution in [2.24, 2.45) is 11.8 Å². The molecule has 1 saturated carbocycles. The predicted octanol–water partition coefficient (Wildman–Crippen LogP) is 5.43. The minimum Gasteiger partial charge on any atom is -0.481 e. The maximum absolute atomic E-state index is 13.0. The Hall–Kier alpha value is -2.67. The molecule has 1 heterocycles. The van der Waals surface area contributed by atoms with Crippen LogP contribution in [0, 0.1) is 25.7 Å². The van der Waals surface area contributed by atoms with Gasteiger partial charge in [-0.2, -0.15) is 0 Å². The van der Waals surface area contributed by atoms with E-state index in [2.05, 4.69) is 5.32 Å². The Labute approximate surface area is 186 Å². The fourth-order valence-corrected chi connectivity index (χ4v) is 5.05. The molecule has 166 valence electrons. The summed E-state index contributed by atoms with van der Waals surface area (Å²) in [5.41, 5.74) is 4.02. The number of carboxylic acid groups (broad SMARTS) is 1. The number of carboxylic acids is 1. The summed E-state index contributed by atoms with van der Waals surface area (Å²) in [6.07, 6.45) is 2.35. The first kappa shape index (κ1) is 23.0. The molecule has 2 N–H and O–H groups in total. The molecule has 0 aliphatic heterocycles. The Kier molecular flexibility index (Phi) is 7.15. The normalized spacial score (nSPS) is 18.6. The average Bonchev–Trinajstić information content (AvgIpc) is 3.12. The number of hydrogen-bond acceptors (Lipinski definition) is 5. The minimum absolute atomic E-state index is 0.308. The lowest BCUT2D eigenvalue weighted by Gasteiger charge is -2.27. The highest BCUT2D eigenvalue weighted by Gasteiger charge is 2.36. The van der Waals surface area contributed by atoms with Crippen LogP contribution in [0.5, 0.6) is 0 Å². The number of nitrogens with one attached hydrogen (secondary N) is 1. The number of rotatable bonds is 6. The second kappa shape index (κ2) is 9.64. The molecule has 1 amide bonds. The summed E-state index contributed by atoms with van der Waals surface area (Å²) in [5.74, 6) is -3.09. The van der Waals surface area contributed by atoms with E-state index in [4.69, 9.17) is 4.74 Å². The molecule has 0 bridgehead atoms. The molecule has 3 rings (SSSR count). The van der Waals surface area contributed by atoms with Gasteiger partial charge >= 0.3 is 11.9 Å². The van der Waals surface area contributed by atoms with E-state index in [-0.39, 0.29) is 12.0 Å². The molecule has 7 heteroatoms. The van der Waals surface area contributed by atoms with E-state index in [1.807, 2.05) is 37.4 Å². The lowest BCUT2D eigenvalue weighted by molar-refractivity contribution is -0.147. The standard InChI is InChI=1S/C24H29NO5S/c1-13(2)30-24(29)20-19(18-11-14(3)9-10-15(18)4)12-31-22(20)25-21(26)16-7-5-6-8-17(16)23(27)28/h9-13,16-17H,5-8H2,1-4H3,(H,25,26)(H,27,28)/t16-,17+/m0/s1. The summed E-state index contributed by atoms with van der Waals surface area (Å²) in [6, 6.07) is 6.02. The topological polar surface area (TPSA) is 92.7 Å². The Morgan fingerprint density at radius 2 is 1.77 bits per heavy atom. The molecule has 0 spiro atoms. The molecule has 0 radical (unpaired) electrons. The first-order chi connectivity index (χ1) is 14.7. The van der Waals surface area contributed by atoms with Gasteiger partial charge in [-0.15, -0.1) is 11.3 Å². The number of amides is 1. The minimum atomic E-state index is -0.943. The number of carbonyl (C=O) groups excluding carboxylic acids is 2. The lowest BCUT2D eigenvalue weighted by Crippen LogP contribution is -2.36. The zero-order valence-corrected chi connectivity index (χ0v) is 19.2. The molecule has 2 atom stereocenters. The first-order valence-corrected chi connectivity index (χ1v) is 11.5. The van der Waals surface area contributed by atoms with Gasteiger partial charge in [-0.3, -0.25) is 9.59 Å². The van der Waals surface area contributed by atoms with Crippen molar-refractivity contribution in [2.75, 3.05) is 5.32 Å². The zero-order valence-electron chi connectivity index (χ0n) is 18.4. The number of thiophene rings is 1. The van der Waals surface area contributed by atoms with E-state index in [0.29, 0.717) is 29.0 Å². The molecule has 0 saturated heterocycles. The Bertz CT molecular complexity index is 994. The zero-order chi connectivity index (χ0) is 22.7. The molecule has 6 nitrogen and oxygen atoms in total. The van der Waals surface area contributed by atoms with Gasteiger partial charge in [0.1, 0.15) is 10.6 Å². The van der Waals surface area contributed by atoms with E-state index in [1.54, 1.807) is 13.8 Å². The summed E-state index contributed by atoms with van der Waals surface area (Å²) in [4.78, 5) is 37.6. The van der Waals surface area contributed by atoms with Crippen molar-refractivity contribution < 1.29 is 24.2 Å². The van der Waals surface area contributed by atoms with Crippen molar-refractivity contribution in [3.8, 4) is 11.1 Å². The van der Waals surface area contributed by atoms with Crippen molar-refractivity contribution in [1.82, 2.24) is 0 Å². The smallest absolute Gasteiger partial charge is 0.342 e. The van der Waals surface area contributed by atoms with Crippen LogP contribution in [0.15, 0.2) is 23.6 Å². The molecular formula is C24H29NO5S. The van der Waals surface area contributed by atoms with Crippen molar-refractivity contribution in [3.05, 3.63) is 40.3 Å². The molecule has 1 fully saturated rings. The monoisotopic (exact) mass is 443 g/mol. The van der Waals surface area contributed by atoms with Crippen molar-refractivity contribution >= 4 is 34.2 Å². The van der Waals surface area contributed by atoms with Crippen molar-refractivity contribution in [1.29, 1.82) is 0 Å². The van der Waals surface area contributed by atoms with Crippen LogP contribution >= 0.6 is 11.3 Å². The van der Waals surface area contributed by atoms with Gasteiger partial charge in [-0.25, -0.2) is 4.79 Å². The molecule has 2 aromatic rings. The van der Waals surface area contributed by atoms with E-state index >= 15 is 0 Å². The second-order valence-corrected chi connectivity index (χ2v) is 9.33. The van der Waals surface area contributed by atoms with E-state index < -0.39 is 23.8 Å². The van der Waals surface area contributed by atoms with Gasteiger partial charge in [0.2, 0.25) is 5.91 Å². The van der Waals surface area contributed by atoms with E-state index in [0.717, 1.165) is 29.5 Å². The largest absolute Gasteiger partial charge is 0.481 e. The molecule has 1 aromatic carbocycles. The van der Waals surface area contributed by atoms with Crippen LogP contribution in [0.2, 0.25) is 0 Å². The average molecular weight is 444 g/mol. The van der Waals surface area contributed by atoms with Crippen LogP contribution in [0.3, 0.4) is 0 Å². The van der Waals surface area contributed by atoms with Crippen LogP contribution in [0.1, 0.15) is 61.0 Å². The number of aryl methyl sites for hydroxylation is 2. The van der Waals surface area contributed by atoms with Crippen LogP contribution in [-0.4, -0.2) is 29.1 Å². The highest BCUT2D eigenvalue weighted by Crippen LogP contribution is 2.39. The highest BCUT2D eigenvalue weighted by molar-refractivity contribution is 7.15. The number of esters is 1. The molecule has 0 unspecified atom stereocenters. The summed E-state index contributed by atoms with van der Waals surface area (Å²) in [5, 5.41) is 14.6. The van der Waals surface area contributed by atoms with Crippen LogP contribution in [-0.2, 0) is 14.3 Å². The number of carbonyl (C=O) groups is 3. The fraction of sp³-hybridized carbons (Fsp3) is 0.458. The third-order valence-corrected chi connectivity index (χ3v) is 6.57. The molecule has 31 heavy (non-hydrogen) atoms. The van der Waals surface area contributed by atoms with Crippen molar-refractivity contribution in [2.45, 2.75) is 59.5 Å². The Morgan fingerprint density at radius 3 is 2.42 bits per heavy atom. The third kappa shape index (κ3) is 5.15. The Morgan fingerprint density at radius 1 is 1.10 bits per heavy atom. The highest BCUT2D eigenvalue weighted by atomic mass is 32.1. The molecule has 1 aromatic heterocycles. The Balaban J connectivity index is 1.99. The van der Waals surface area contributed by atoms with Gasteiger partial charge in [0.15, 0.2) is 0 Å². The number of benzene rings is 1. The number of anilines is 1. The summed E-state index contributed by atoms with van der Waals surface area (Å²) < 4.78 is 5.48. The first-order valence-electron chi connectivity index (χ1n) is 10.6. The van der Waals surface area contributed by atoms with Gasteiger partial charge in [0.25, 0.3) is 0 Å². The van der Waals surface area contributed by atoms with Gasteiger partial charge in [-0.05, 0) is 51.7 Å². The number of aliphatic carboxylic acids is 1. The molecular weight excluding hydrogens is 414 g/mol. The molecule has 1 aliphatic carbocycles. The lowest BCUT2D eigenvalue weighted by atomic mass is 9.78. The van der Waals surface area contributed by atoms with Crippen LogP contribution < -0.4 is 5.32 Å². The maximum atomic E-state index is 13.0.